The molecule has 1 heterocycles. The molecule has 0 spiro atoms. The van der Waals surface area contributed by atoms with E-state index < -0.39 is 21.8 Å². The van der Waals surface area contributed by atoms with Crippen molar-refractivity contribution in [2.24, 2.45) is 0 Å². The molecule has 0 bridgehead atoms. The van der Waals surface area contributed by atoms with Gasteiger partial charge in [0.2, 0.25) is 11.6 Å². The second-order valence-electron chi connectivity index (χ2n) is 2.34. The van der Waals surface area contributed by atoms with Gasteiger partial charge in [-0.2, -0.15) is 9.97 Å². The Hall–Kier alpha value is -1.61. The van der Waals surface area contributed by atoms with E-state index in [-0.39, 0.29) is 16.8 Å². The van der Waals surface area contributed by atoms with Crippen molar-refractivity contribution < 1.29 is 9.48 Å². The van der Waals surface area contributed by atoms with Gasteiger partial charge in [-0.3, -0.25) is 10.1 Å². The second-order valence-corrected chi connectivity index (χ2v) is 3.61. The van der Waals surface area contributed by atoms with Crippen molar-refractivity contribution in [3.8, 4) is 0 Å². The standard InChI is InChI=1S/C5H7N5O3S/c1-14(13)5-8-3(6)2(10(11)12)4(7)9-5/h1H3,(H4,6,7,8,9). The van der Waals surface area contributed by atoms with Gasteiger partial charge in [-0.1, -0.05) is 0 Å². The van der Waals surface area contributed by atoms with Crippen molar-refractivity contribution in [1.29, 1.82) is 0 Å². The van der Waals surface area contributed by atoms with Crippen LogP contribution in [0.3, 0.4) is 0 Å². The summed E-state index contributed by atoms with van der Waals surface area (Å²) >= 11 is -1.48. The van der Waals surface area contributed by atoms with Crippen molar-refractivity contribution in [2.75, 3.05) is 17.7 Å². The van der Waals surface area contributed by atoms with Crippen molar-refractivity contribution in [3.63, 3.8) is 0 Å². The Bertz CT molecular complexity index is 359. The van der Waals surface area contributed by atoms with E-state index in [1.54, 1.807) is 0 Å². The van der Waals surface area contributed by atoms with Gasteiger partial charge in [0.1, 0.15) is 6.26 Å². The third-order valence-corrected chi connectivity index (χ3v) is 2.05. The number of hydrogen-bond donors (Lipinski definition) is 2. The summed E-state index contributed by atoms with van der Waals surface area (Å²) < 4.78 is 10.9. The Morgan fingerprint density at radius 1 is 1.36 bits per heavy atom. The number of nitrogens with zero attached hydrogens (tertiary/aromatic N) is 3. The first-order chi connectivity index (χ1) is 6.43. The highest BCUT2D eigenvalue weighted by atomic mass is 32.2. The first kappa shape index (κ1) is 10.5. The average Bonchev–Trinajstić information content (AvgIpc) is 2.01. The van der Waals surface area contributed by atoms with Gasteiger partial charge in [0.25, 0.3) is 0 Å². The van der Waals surface area contributed by atoms with Gasteiger partial charge < -0.3 is 16.0 Å². The fourth-order valence-electron chi connectivity index (χ4n) is 0.784. The number of nitrogens with two attached hydrogens (primary N) is 2. The predicted molar refractivity (Wildman–Crippen MR) is 49.8 cm³/mol. The van der Waals surface area contributed by atoms with E-state index in [1.807, 2.05) is 0 Å². The van der Waals surface area contributed by atoms with E-state index in [0.717, 1.165) is 0 Å². The molecule has 0 saturated carbocycles. The Morgan fingerprint density at radius 2 is 1.79 bits per heavy atom. The zero-order valence-electron chi connectivity index (χ0n) is 7.13. The molecular formula is C5H7N5O3S. The van der Waals surface area contributed by atoms with Crippen LogP contribution in [0.15, 0.2) is 5.16 Å². The summed E-state index contributed by atoms with van der Waals surface area (Å²) in [5.41, 5.74) is 9.95. The van der Waals surface area contributed by atoms with Crippen LogP contribution in [0.2, 0.25) is 0 Å². The van der Waals surface area contributed by atoms with Crippen molar-refractivity contribution in [1.82, 2.24) is 9.97 Å². The zero-order chi connectivity index (χ0) is 10.9. The van der Waals surface area contributed by atoms with Crippen molar-refractivity contribution in [2.45, 2.75) is 5.16 Å². The highest BCUT2D eigenvalue weighted by molar-refractivity contribution is 7.90. The van der Waals surface area contributed by atoms with Crippen molar-refractivity contribution >= 4 is 28.5 Å². The van der Waals surface area contributed by atoms with Crippen LogP contribution in [0, 0.1) is 10.1 Å². The molecule has 76 valence electrons. The first-order valence-corrected chi connectivity index (χ1v) is 4.90. The summed E-state index contributed by atoms with van der Waals surface area (Å²) in [6, 6.07) is 0. The van der Waals surface area contributed by atoms with Gasteiger partial charge in [-0.25, -0.2) is 0 Å². The zero-order valence-corrected chi connectivity index (χ0v) is 7.95. The van der Waals surface area contributed by atoms with E-state index in [9.17, 15) is 14.7 Å². The second kappa shape index (κ2) is 3.64. The van der Waals surface area contributed by atoms with Gasteiger partial charge in [0, 0.05) is 11.2 Å². The van der Waals surface area contributed by atoms with Gasteiger partial charge in [0.15, 0.2) is 0 Å². The summed E-state index contributed by atoms with van der Waals surface area (Å²) in [7, 11) is 0. The predicted octanol–water partition coefficient (Wildman–Crippen LogP) is -0.713. The molecule has 0 aliphatic heterocycles. The average molecular weight is 217 g/mol. The largest absolute Gasteiger partial charge is 0.609 e. The molecule has 9 heteroatoms. The lowest BCUT2D eigenvalue weighted by atomic mass is 10.4. The molecule has 0 aliphatic carbocycles. The normalized spacial score (nSPS) is 12.4. The van der Waals surface area contributed by atoms with Crippen LogP contribution >= 0.6 is 0 Å². The smallest absolute Gasteiger partial charge is 0.353 e. The number of aromatic nitrogens is 2. The van der Waals surface area contributed by atoms with Crippen LogP contribution in [-0.2, 0) is 11.2 Å². The molecule has 1 atom stereocenters. The summed E-state index contributed by atoms with van der Waals surface area (Å²) in [5, 5.41) is 10.3. The van der Waals surface area contributed by atoms with Crippen LogP contribution < -0.4 is 11.5 Å². The molecule has 0 amide bonds. The molecule has 1 unspecified atom stereocenters. The molecule has 1 aromatic rings. The maximum atomic E-state index is 10.9. The monoisotopic (exact) mass is 217 g/mol. The van der Waals surface area contributed by atoms with Crippen molar-refractivity contribution in [3.05, 3.63) is 10.1 Å². The summed E-state index contributed by atoms with van der Waals surface area (Å²) in [5.74, 6) is -0.764. The number of nitro groups is 1. The minimum absolute atomic E-state index is 0.120. The third kappa shape index (κ3) is 1.83. The third-order valence-electron chi connectivity index (χ3n) is 1.36. The summed E-state index contributed by atoms with van der Waals surface area (Å²) in [6.07, 6.45) is 1.32. The molecular weight excluding hydrogens is 210 g/mol. The van der Waals surface area contributed by atoms with Crippen LogP contribution in [0.4, 0.5) is 17.3 Å². The molecule has 0 radical (unpaired) electrons. The van der Waals surface area contributed by atoms with E-state index in [1.165, 1.54) is 6.26 Å². The minimum Gasteiger partial charge on any atom is -0.609 e. The number of rotatable bonds is 2. The SMILES string of the molecule is C[S+]([O-])c1nc(N)c([N+](=O)[O-])c(N)n1. The lowest BCUT2D eigenvalue weighted by Crippen LogP contribution is -2.11. The minimum atomic E-state index is -1.48. The maximum absolute atomic E-state index is 10.9. The summed E-state index contributed by atoms with van der Waals surface area (Å²) in [4.78, 5) is 16.6. The highest BCUT2D eigenvalue weighted by Gasteiger charge is 2.23. The van der Waals surface area contributed by atoms with Crippen LogP contribution in [-0.4, -0.2) is 25.7 Å². The number of anilines is 2. The molecule has 0 fully saturated rings. The van der Waals surface area contributed by atoms with Gasteiger partial charge in [0.05, 0.1) is 4.92 Å². The van der Waals surface area contributed by atoms with E-state index in [2.05, 4.69) is 9.97 Å². The highest BCUT2D eigenvalue weighted by Crippen LogP contribution is 2.25. The lowest BCUT2D eigenvalue weighted by Gasteiger charge is -2.04. The van der Waals surface area contributed by atoms with Gasteiger partial charge in [-0.15, -0.1) is 0 Å². The molecule has 1 rings (SSSR count). The Morgan fingerprint density at radius 3 is 2.07 bits per heavy atom. The topological polar surface area (TPSA) is 144 Å². The fraction of sp³-hybridized carbons (Fsp3) is 0.200. The van der Waals surface area contributed by atoms with E-state index >= 15 is 0 Å². The summed E-state index contributed by atoms with van der Waals surface area (Å²) in [6.45, 7) is 0. The number of nitrogen functional groups attached to an aromatic ring is 2. The van der Waals surface area contributed by atoms with Gasteiger partial charge in [-0.05, 0) is 0 Å². The van der Waals surface area contributed by atoms with Crippen LogP contribution in [0.25, 0.3) is 0 Å². The van der Waals surface area contributed by atoms with Crippen LogP contribution in [0.5, 0.6) is 0 Å². The maximum Gasteiger partial charge on any atom is 0.353 e. The molecule has 0 aliphatic rings. The van der Waals surface area contributed by atoms with Gasteiger partial charge >= 0.3 is 10.8 Å². The Labute approximate surface area is 81.7 Å². The van der Waals surface area contributed by atoms with E-state index in [4.69, 9.17) is 11.5 Å². The fourth-order valence-corrected chi connectivity index (χ4v) is 1.24. The molecule has 0 aromatic carbocycles. The molecule has 8 nitrogen and oxygen atoms in total. The Balaban J connectivity index is 3.32. The molecule has 1 aromatic heterocycles. The molecule has 0 saturated heterocycles. The van der Waals surface area contributed by atoms with Crippen LogP contribution in [0.1, 0.15) is 0 Å². The lowest BCUT2D eigenvalue weighted by molar-refractivity contribution is -0.383. The first-order valence-electron chi connectivity index (χ1n) is 3.34. The molecule has 4 N–H and O–H groups in total. The quantitative estimate of drug-likeness (QED) is 0.288. The van der Waals surface area contributed by atoms with E-state index in [0.29, 0.717) is 0 Å². The number of hydrogen-bond acceptors (Lipinski definition) is 7. The Kier molecular flexibility index (Phi) is 2.72. The molecule has 14 heavy (non-hydrogen) atoms.